The van der Waals surface area contributed by atoms with E-state index in [4.69, 9.17) is 16.3 Å². The van der Waals surface area contributed by atoms with Crippen LogP contribution in [0, 0.1) is 5.82 Å². The predicted molar refractivity (Wildman–Crippen MR) is 110 cm³/mol. The number of halogens is 2. The molecule has 2 aromatic carbocycles. The highest BCUT2D eigenvalue weighted by atomic mass is 35.5. The molecule has 1 unspecified atom stereocenters. The zero-order valence-corrected chi connectivity index (χ0v) is 17.1. The van der Waals surface area contributed by atoms with Gasteiger partial charge in [-0.15, -0.1) is 11.3 Å². The minimum Gasteiger partial charge on any atom is -0.469 e. The van der Waals surface area contributed by atoms with Gasteiger partial charge in [0.2, 0.25) is 5.91 Å². The van der Waals surface area contributed by atoms with Gasteiger partial charge in [-0.25, -0.2) is 9.37 Å². The average Bonchev–Trinajstić information content (AvgIpc) is 3.16. The highest BCUT2D eigenvalue weighted by molar-refractivity contribution is 7.13. The molecule has 0 spiro atoms. The maximum absolute atomic E-state index is 13.4. The molecule has 0 bridgehead atoms. The van der Waals surface area contributed by atoms with E-state index in [1.54, 1.807) is 41.8 Å². The molecule has 3 rings (SSSR count). The zero-order chi connectivity index (χ0) is 20.8. The normalized spacial score (nSPS) is 11.7. The number of ether oxygens (including phenoxy) is 1. The van der Waals surface area contributed by atoms with E-state index in [1.807, 2.05) is 0 Å². The third-order valence-corrected chi connectivity index (χ3v) is 5.46. The monoisotopic (exact) mass is 432 g/mol. The quantitative estimate of drug-likeness (QED) is 0.555. The first-order chi connectivity index (χ1) is 14.0. The first kappa shape index (κ1) is 21.0. The van der Waals surface area contributed by atoms with Crippen LogP contribution in [-0.4, -0.2) is 24.0 Å². The third-order valence-electron chi connectivity index (χ3n) is 4.18. The van der Waals surface area contributed by atoms with Crippen molar-refractivity contribution in [2.24, 2.45) is 0 Å². The molecular weight excluding hydrogens is 415 g/mol. The fourth-order valence-corrected chi connectivity index (χ4v) is 3.88. The molecule has 29 heavy (non-hydrogen) atoms. The number of nitrogens with one attached hydrogen (secondary N) is 1. The van der Waals surface area contributed by atoms with Crippen LogP contribution in [0.15, 0.2) is 53.9 Å². The number of carbonyl (C=O) groups is 2. The molecule has 1 heterocycles. The van der Waals surface area contributed by atoms with Crippen LogP contribution in [0.4, 0.5) is 4.39 Å². The average molecular weight is 433 g/mol. The van der Waals surface area contributed by atoms with Crippen LogP contribution in [0.25, 0.3) is 10.6 Å². The van der Waals surface area contributed by atoms with E-state index < -0.39 is 12.0 Å². The lowest BCUT2D eigenvalue weighted by molar-refractivity contribution is -0.141. The number of aromatic nitrogens is 1. The van der Waals surface area contributed by atoms with Crippen molar-refractivity contribution in [3.63, 3.8) is 0 Å². The Morgan fingerprint density at radius 1 is 1.24 bits per heavy atom. The maximum atomic E-state index is 13.4. The molecule has 8 heteroatoms. The van der Waals surface area contributed by atoms with E-state index in [-0.39, 0.29) is 24.6 Å². The lowest BCUT2D eigenvalue weighted by atomic mass is 10.0. The van der Waals surface area contributed by atoms with Crippen LogP contribution >= 0.6 is 22.9 Å². The Morgan fingerprint density at radius 2 is 2.03 bits per heavy atom. The number of thiazole rings is 1. The number of carbonyl (C=O) groups excluding carboxylic acids is 2. The van der Waals surface area contributed by atoms with Gasteiger partial charge in [-0.2, -0.15) is 0 Å². The predicted octanol–water partition coefficient (Wildman–Crippen LogP) is 4.57. The molecule has 0 saturated heterocycles. The fraction of sp³-hybridized carbons (Fsp3) is 0.190. The van der Waals surface area contributed by atoms with Crippen molar-refractivity contribution in [1.29, 1.82) is 0 Å². The maximum Gasteiger partial charge on any atom is 0.307 e. The molecule has 0 radical (unpaired) electrons. The molecule has 0 aliphatic heterocycles. The third kappa shape index (κ3) is 5.62. The van der Waals surface area contributed by atoms with Crippen molar-refractivity contribution < 1.29 is 18.7 Å². The van der Waals surface area contributed by atoms with Gasteiger partial charge in [-0.3, -0.25) is 9.59 Å². The van der Waals surface area contributed by atoms with Crippen molar-refractivity contribution in [2.75, 3.05) is 7.11 Å². The standard InChI is InChI=1S/C21H18ClFN2O3S/c1-28-20(27)11-18(16-7-2-3-8-17(16)22)25-19(26)10-15-12-29-21(24-15)13-5-4-6-14(23)9-13/h2-9,12,18H,10-11H2,1H3,(H,25,26). The lowest BCUT2D eigenvalue weighted by Crippen LogP contribution is -2.31. The molecule has 1 atom stereocenters. The van der Waals surface area contributed by atoms with Crippen molar-refractivity contribution >= 4 is 34.8 Å². The van der Waals surface area contributed by atoms with Crippen molar-refractivity contribution in [3.8, 4) is 10.6 Å². The van der Waals surface area contributed by atoms with Crippen LogP contribution < -0.4 is 5.32 Å². The number of methoxy groups -OCH3 is 1. The van der Waals surface area contributed by atoms with E-state index in [9.17, 15) is 14.0 Å². The summed E-state index contributed by atoms with van der Waals surface area (Å²) >= 11 is 7.56. The van der Waals surface area contributed by atoms with Gasteiger partial charge in [0.15, 0.2) is 0 Å². The van der Waals surface area contributed by atoms with Gasteiger partial charge in [-0.1, -0.05) is 41.9 Å². The van der Waals surface area contributed by atoms with Crippen LogP contribution in [0.1, 0.15) is 23.7 Å². The molecule has 5 nitrogen and oxygen atoms in total. The number of nitrogens with zero attached hydrogens (tertiary/aromatic N) is 1. The summed E-state index contributed by atoms with van der Waals surface area (Å²) in [6, 6.07) is 12.5. The van der Waals surface area contributed by atoms with Crippen LogP contribution in [0.3, 0.4) is 0 Å². The Hall–Kier alpha value is -2.77. The summed E-state index contributed by atoms with van der Waals surface area (Å²) in [6.07, 6.45) is -0.0223. The number of rotatable bonds is 7. The molecule has 0 fully saturated rings. The summed E-state index contributed by atoms with van der Waals surface area (Å²) in [7, 11) is 1.29. The Balaban J connectivity index is 1.72. The van der Waals surface area contributed by atoms with Gasteiger partial charge in [0.1, 0.15) is 10.8 Å². The van der Waals surface area contributed by atoms with Crippen LogP contribution in [0.2, 0.25) is 5.02 Å². The van der Waals surface area contributed by atoms with E-state index in [0.29, 0.717) is 26.9 Å². The number of benzene rings is 2. The molecule has 0 saturated carbocycles. The molecule has 0 aliphatic carbocycles. The minimum atomic E-state index is -0.620. The minimum absolute atomic E-state index is 0.0218. The van der Waals surface area contributed by atoms with Crippen molar-refractivity contribution in [1.82, 2.24) is 10.3 Å². The van der Waals surface area contributed by atoms with E-state index in [1.165, 1.54) is 30.6 Å². The van der Waals surface area contributed by atoms with Gasteiger partial charge >= 0.3 is 5.97 Å². The Morgan fingerprint density at radius 3 is 2.76 bits per heavy atom. The van der Waals surface area contributed by atoms with Crippen molar-refractivity contribution in [3.05, 3.63) is 76.0 Å². The second kappa shape index (κ2) is 9.62. The zero-order valence-electron chi connectivity index (χ0n) is 15.5. The van der Waals surface area contributed by atoms with Gasteiger partial charge in [0.05, 0.1) is 31.7 Å². The Labute approximate surface area is 176 Å². The topological polar surface area (TPSA) is 68.3 Å². The van der Waals surface area contributed by atoms with Gasteiger partial charge in [0.25, 0.3) is 0 Å². The van der Waals surface area contributed by atoms with Crippen molar-refractivity contribution in [2.45, 2.75) is 18.9 Å². The molecule has 1 amide bonds. The van der Waals surface area contributed by atoms with Gasteiger partial charge in [0, 0.05) is 16.0 Å². The fourth-order valence-electron chi connectivity index (χ4n) is 2.80. The van der Waals surface area contributed by atoms with Crippen LogP contribution in [-0.2, 0) is 20.7 Å². The van der Waals surface area contributed by atoms with E-state index in [0.717, 1.165) is 0 Å². The highest BCUT2D eigenvalue weighted by Gasteiger charge is 2.21. The summed E-state index contributed by atoms with van der Waals surface area (Å²) in [5, 5.41) is 5.66. The van der Waals surface area contributed by atoms with Gasteiger partial charge in [-0.05, 0) is 23.8 Å². The number of amides is 1. The first-order valence-electron chi connectivity index (χ1n) is 8.77. The number of esters is 1. The summed E-state index contributed by atoms with van der Waals surface area (Å²) in [5.41, 5.74) is 1.84. The molecule has 3 aromatic rings. The Kier molecular flexibility index (Phi) is 6.95. The second-order valence-corrected chi connectivity index (χ2v) is 7.52. The summed E-state index contributed by atoms with van der Waals surface area (Å²) in [5.74, 6) is -1.12. The summed E-state index contributed by atoms with van der Waals surface area (Å²) in [6.45, 7) is 0. The lowest BCUT2D eigenvalue weighted by Gasteiger charge is -2.19. The molecule has 1 aromatic heterocycles. The second-order valence-electron chi connectivity index (χ2n) is 6.25. The van der Waals surface area contributed by atoms with E-state index >= 15 is 0 Å². The smallest absolute Gasteiger partial charge is 0.307 e. The number of hydrogen-bond donors (Lipinski definition) is 1. The molecule has 1 N–H and O–H groups in total. The number of hydrogen-bond acceptors (Lipinski definition) is 5. The summed E-state index contributed by atoms with van der Waals surface area (Å²) in [4.78, 5) is 28.8. The Bertz CT molecular complexity index is 1020. The van der Waals surface area contributed by atoms with Crippen LogP contribution in [0.5, 0.6) is 0 Å². The SMILES string of the molecule is COC(=O)CC(NC(=O)Cc1csc(-c2cccc(F)c2)n1)c1ccccc1Cl. The van der Waals surface area contributed by atoms with Gasteiger partial charge < -0.3 is 10.1 Å². The largest absolute Gasteiger partial charge is 0.469 e. The first-order valence-corrected chi connectivity index (χ1v) is 10.0. The molecule has 150 valence electrons. The molecular formula is C21H18ClFN2O3S. The van der Waals surface area contributed by atoms with E-state index in [2.05, 4.69) is 10.3 Å². The molecule has 0 aliphatic rings. The highest BCUT2D eigenvalue weighted by Crippen LogP contribution is 2.27. The summed E-state index contributed by atoms with van der Waals surface area (Å²) < 4.78 is 18.1.